The van der Waals surface area contributed by atoms with Gasteiger partial charge >= 0.3 is 0 Å². The summed E-state index contributed by atoms with van der Waals surface area (Å²) in [4.78, 5) is 23.4. The molecule has 0 amide bonds. The summed E-state index contributed by atoms with van der Waals surface area (Å²) in [6, 6.07) is 11.8. The third-order valence-corrected chi connectivity index (χ3v) is 5.51. The molecule has 1 aliphatic rings. The zero-order valence-corrected chi connectivity index (χ0v) is 17.7. The Bertz CT molecular complexity index is 1240. The van der Waals surface area contributed by atoms with Crippen LogP contribution in [0.5, 0.6) is 0 Å². The first kappa shape index (κ1) is 20.0. The lowest BCUT2D eigenvalue weighted by atomic mass is 10.1. The van der Waals surface area contributed by atoms with E-state index in [-0.39, 0.29) is 5.82 Å². The van der Waals surface area contributed by atoms with Crippen molar-refractivity contribution in [1.82, 2.24) is 24.9 Å². The highest BCUT2D eigenvalue weighted by molar-refractivity contribution is 5.59. The van der Waals surface area contributed by atoms with E-state index in [1.54, 1.807) is 18.6 Å². The summed E-state index contributed by atoms with van der Waals surface area (Å²) >= 11 is 0. The van der Waals surface area contributed by atoms with E-state index >= 15 is 4.39 Å². The number of pyridine rings is 3. The SMILES string of the molecule is Cc1cc(-c2ccc(CNc3ncnc(N4CCc5ncccc5C4)c3F)cn2)ccn1. The molecule has 1 N–H and O–H groups in total. The van der Waals surface area contributed by atoms with Crippen molar-refractivity contribution >= 4 is 11.6 Å². The van der Waals surface area contributed by atoms with Gasteiger partial charge in [-0.1, -0.05) is 12.1 Å². The first-order valence-corrected chi connectivity index (χ1v) is 10.5. The molecule has 0 spiro atoms. The highest BCUT2D eigenvalue weighted by Gasteiger charge is 2.22. The molecule has 0 saturated carbocycles. The number of aryl methyl sites for hydroxylation is 1. The third kappa shape index (κ3) is 4.12. The molecule has 0 fully saturated rings. The lowest BCUT2D eigenvalue weighted by Gasteiger charge is -2.29. The molecule has 5 rings (SSSR count). The number of aromatic nitrogens is 5. The fraction of sp³-hybridized carbons (Fsp3) is 0.208. The van der Waals surface area contributed by atoms with Crippen molar-refractivity contribution in [1.29, 1.82) is 0 Å². The second-order valence-corrected chi connectivity index (χ2v) is 7.73. The molecule has 32 heavy (non-hydrogen) atoms. The van der Waals surface area contributed by atoms with E-state index in [4.69, 9.17) is 0 Å². The number of hydrogen-bond donors (Lipinski definition) is 1. The van der Waals surface area contributed by atoms with E-state index in [9.17, 15) is 0 Å². The number of fused-ring (bicyclic) bond motifs is 1. The topological polar surface area (TPSA) is 79.7 Å². The van der Waals surface area contributed by atoms with Gasteiger partial charge in [0.05, 0.1) is 5.69 Å². The van der Waals surface area contributed by atoms with E-state index in [0.717, 1.165) is 40.2 Å². The lowest BCUT2D eigenvalue weighted by Crippen LogP contribution is -2.32. The van der Waals surface area contributed by atoms with Gasteiger partial charge in [0.25, 0.3) is 0 Å². The van der Waals surface area contributed by atoms with Gasteiger partial charge in [-0.25, -0.2) is 9.97 Å². The Kier molecular flexibility index (Phi) is 5.41. The zero-order valence-electron chi connectivity index (χ0n) is 17.7. The summed E-state index contributed by atoms with van der Waals surface area (Å²) in [7, 11) is 0. The summed E-state index contributed by atoms with van der Waals surface area (Å²) in [6.45, 7) is 3.60. The molecule has 0 aromatic carbocycles. The number of rotatable bonds is 5. The Morgan fingerprint density at radius 2 is 1.97 bits per heavy atom. The van der Waals surface area contributed by atoms with Crippen LogP contribution in [0.2, 0.25) is 0 Å². The van der Waals surface area contributed by atoms with Gasteiger partial charge in [-0.05, 0) is 42.3 Å². The third-order valence-electron chi connectivity index (χ3n) is 5.51. The van der Waals surface area contributed by atoms with Crippen LogP contribution >= 0.6 is 0 Å². The normalized spacial score (nSPS) is 13.0. The van der Waals surface area contributed by atoms with Crippen molar-refractivity contribution in [2.45, 2.75) is 26.4 Å². The maximum atomic E-state index is 15.2. The first-order valence-electron chi connectivity index (χ1n) is 10.5. The van der Waals surface area contributed by atoms with Gasteiger partial charge in [-0.15, -0.1) is 0 Å². The monoisotopic (exact) mass is 427 g/mol. The van der Waals surface area contributed by atoms with Crippen LogP contribution in [0.3, 0.4) is 0 Å². The largest absolute Gasteiger partial charge is 0.363 e. The van der Waals surface area contributed by atoms with E-state index in [2.05, 4.69) is 30.2 Å². The van der Waals surface area contributed by atoms with Crippen molar-refractivity contribution in [2.75, 3.05) is 16.8 Å². The summed E-state index contributed by atoms with van der Waals surface area (Å²) in [5.41, 5.74) is 5.92. The molecule has 0 radical (unpaired) electrons. The summed E-state index contributed by atoms with van der Waals surface area (Å²) in [5.74, 6) is 0.0380. The fourth-order valence-corrected chi connectivity index (χ4v) is 3.84. The zero-order chi connectivity index (χ0) is 21.9. The van der Waals surface area contributed by atoms with Crippen LogP contribution in [0.15, 0.2) is 61.3 Å². The van der Waals surface area contributed by atoms with Gasteiger partial charge in [0.2, 0.25) is 5.82 Å². The van der Waals surface area contributed by atoms with Gasteiger partial charge in [0, 0.05) is 61.6 Å². The molecule has 0 aliphatic carbocycles. The molecule has 7 nitrogen and oxygen atoms in total. The first-order chi connectivity index (χ1) is 15.7. The Hall–Kier alpha value is -3.94. The van der Waals surface area contributed by atoms with Crippen molar-refractivity contribution in [3.05, 3.63) is 89.6 Å². The Balaban J connectivity index is 1.28. The quantitative estimate of drug-likeness (QED) is 0.517. The molecule has 0 saturated heterocycles. The van der Waals surface area contributed by atoms with Gasteiger partial charge in [-0.2, -0.15) is 4.39 Å². The Morgan fingerprint density at radius 3 is 2.81 bits per heavy atom. The minimum absolute atomic E-state index is 0.181. The average molecular weight is 427 g/mol. The minimum atomic E-state index is -0.448. The van der Waals surface area contributed by atoms with Crippen molar-refractivity contribution in [3.63, 3.8) is 0 Å². The molecule has 4 aromatic rings. The molecule has 5 heterocycles. The molecular weight excluding hydrogens is 405 g/mol. The average Bonchev–Trinajstić information content (AvgIpc) is 2.83. The minimum Gasteiger partial charge on any atom is -0.363 e. The summed E-state index contributed by atoms with van der Waals surface area (Å²) in [5, 5.41) is 3.08. The molecule has 0 bridgehead atoms. The predicted octanol–water partition coefficient (Wildman–Crippen LogP) is 3.95. The lowest BCUT2D eigenvalue weighted by molar-refractivity contribution is 0.594. The molecule has 1 aliphatic heterocycles. The maximum Gasteiger partial charge on any atom is 0.207 e. The van der Waals surface area contributed by atoms with Crippen molar-refractivity contribution < 1.29 is 4.39 Å². The Labute approximate surface area is 185 Å². The Morgan fingerprint density at radius 1 is 1.03 bits per heavy atom. The molecule has 8 heteroatoms. The standard InChI is InChI=1S/C24H22FN7/c1-16-11-18(6-9-26-16)20-5-4-17(12-28-20)13-29-23-22(25)24(31-15-30-23)32-10-7-21-19(14-32)3-2-8-27-21/h2-6,8-9,11-12,15H,7,10,13-14H2,1H3,(H,29,30,31). The highest BCUT2D eigenvalue weighted by Crippen LogP contribution is 2.27. The van der Waals surface area contributed by atoms with E-state index in [1.807, 2.05) is 48.2 Å². The predicted molar refractivity (Wildman–Crippen MR) is 121 cm³/mol. The summed E-state index contributed by atoms with van der Waals surface area (Å²) in [6.07, 6.45) is 7.51. The van der Waals surface area contributed by atoms with Crippen LogP contribution in [0.25, 0.3) is 11.3 Å². The number of nitrogens with zero attached hydrogens (tertiary/aromatic N) is 6. The highest BCUT2D eigenvalue weighted by atomic mass is 19.1. The van der Waals surface area contributed by atoms with Crippen LogP contribution < -0.4 is 10.2 Å². The van der Waals surface area contributed by atoms with Crippen molar-refractivity contribution in [2.24, 2.45) is 0 Å². The van der Waals surface area contributed by atoms with Gasteiger partial charge in [-0.3, -0.25) is 15.0 Å². The summed E-state index contributed by atoms with van der Waals surface area (Å²) < 4.78 is 15.2. The molecular formula is C24H22FN7. The van der Waals surface area contributed by atoms with Gasteiger partial charge in [0.15, 0.2) is 11.6 Å². The maximum absolute atomic E-state index is 15.2. The number of halogens is 1. The number of nitrogens with one attached hydrogen (secondary N) is 1. The molecule has 160 valence electrons. The molecule has 0 atom stereocenters. The van der Waals surface area contributed by atoms with Crippen LogP contribution in [0.1, 0.15) is 22.5 Å². The van der Waals surface area contributed by atoms with Crippen LogP contribution in [-0.4, -0.2) is 31.5 Å². The number of anilines is 2. The van der Waals surface area contributed by atoms with E-state index < -0.39 is 5.82 Å². The van der Waals surface area contributed by atoms with Crippen LogP contribution in [0, 0.1) is 12.7 Å². The van der Waals surface area contributed by atoms with Crippen molar-refractivity contribution in [3.8, 4) is 11.3 Å². The fourth-order valence-electron chi connectivity index (χ4n) is 3.84. The number of hydrogen-bond acceptors (Lipinski definition) is 7. The van der Waals surface area contributed by atoms with Gasteiger partial charge < -0.3 is 10.2 Å². The molecule has 4 aromatic heterocycles. The van der Waals surface area contributed by atoms with Crippen LogP contribution in [0.4, 0.5) is 16.0 Å². The second-order valence-electron chi connectivity index (χ2n) is 7.73. The molecule has 0 unspecified atom stereocenters. The smallest absolute Gasteiger partial charge is 0.207 e. The van der Waals surface area contributed by atoms with Crippen LogP contribution in [-0.2, 0) is 19.5 Å². The van der Waals surface area contributed by atoms with E-state index in [0.29, 0.717) is 25.5 Å². The van der Waals surface area contributed by atoms with E-state index in [1.165, 1.54) is 6.33 Å². The van der Waals surface area contributed by atoms with Gasteiger partial charge in [0.1, 0.15) is 6.33 Å². The second kappa shape index (κ2) is 8.66.